The number of hydrogen-bond donors (Lipinski definition) is 1. The van der Waals surface area contributed by atoms with Gasteiger partial charge in [0.2, 0.25) is 0 Å². The Bertz CT molecular complexity index is 475. The summed E-state index contributed by atoms with van der Waals surface area (Å²) in [5, 5.41) is 11.1. The molecule has 1 N–H and O–H groups in total. The fourth-order valence-electron chi connectivity index (χ4n) is 2.41. The van der Waals surface area contributed by atoms with Crippen LogP contribution in [0.5, 0.6) is 0 Å². The molecule has 1 aliphatic heterocycles. The van der Waals surface area contributed by atoms with E-state index in [1.54, 1.807) is 34.6 Å². The lowest BCUT2D eigenvalue weighted by atomic mass is 10.0. The van der Waals surface area contributed by atoms with Crippen molar-refractivity contribution in [1.29, 1.82) is 0 Å². The van der Waals surface area contributed by atoms with Crippen LogP contribution in [0.1, 0.15) is 41.0 Å². The maximum absolute atomic E-state index is 12.3. The van der Waals surface area contributed by atoms with Crippen molar-refractivity contribution in [2.45, 2.75) is 58.8 Å². The second-order valence-corrected chi connectivity index (χ2v) is 6.21. The van der Waals surface area contributed by atoms with Gasteiger partial charge in [0.05, 0.1) is 12.7 Å². The Morgan fingerprint density at radius 3 is 2.25 bits per heavy atom. The molecule has 2 amide bonds. The van der Waals surface area contributed by atoms with Gasteiger partial charge in [-0.25, -0.2) is 19.4 Å². The van der Waals surface area contributed by atoms with Crippen LogP contribution in [0.4, 0.5) is 9.59 Å². The maximum Gasteiger partial charge on any atom is 0.429 e. The molecule has 9 heteroatoms. The van der Waals surface area contributed by atoms with Crippen LogP contribution < -0.4 is 0 Å². The first-order valence-corrected chi connectivity index (χ1v) is 7.93. The molecule has 2 unspecified atom stereocenters. The molecule has 138 valence electrons. The third-order valence-electron chi connectivity index (χ3n) is 3.21. The molecule has 1 fully saturated rings. The average Bonchev–Trinajstić information content (AvgIpc) is 2.45. The zero-order valence-electron chi connectivity index (χ0n) is 14.8. The summed E-state index contributed by atoms with van der Waals surface area (Å²) < 4.78 is 15.7. The first-order valence-electron chi connectivity index (χ1n) is 7.93. The number of carbonyl (C=O) groups is 3. The Morgan fingerprint density at radius 2 is 1.79 bits per heavy atom. The van der Waals surface area contributed by atoms with Crippen molar-refractivity contribution in [3.05, 3.63) is 0 Å². The van der Waals surface area contributed by atoms with Crippen molar-refractivity contribution in [3.8, 4) is 0 Å². The van der Waals surface area contributed by atoms with Crippen LogP contribution in [0, 0.1) is 0 Å². The van der Waals surface area contributed by atoms with E-state index in [4.69, 9.17) is 14.2 Å². The molecule has 0 radical (unpaired) electrons. The largest absolute Gasteiger partial charge is 0.464 e. The summed E-state index contributed by atoms with van der Waals surface area (Å²) in [4.78, 5) is 36.3. The number of hydrazine groups is 1. The molecule has 0 saturated carbocycles. The third kappa shape index (κ3) is 4.98. The fourth-order valence-corrected chi connectivity index (χ4v) is 2.41. The summed E-state index contributed by atoms with van der Waals surface area (Å²) in [6.45, 7) is 8.83. The van der Waals surface area contributed by atoms with Gasteiger partial charge in [0.25, 0.3) is 0 Å². The lowest BCUT2D eigenvalue weighted by Crippen LogP contribution is -2.65. The maximum atomic E-state index is 12.3. The minimum Gasteiger partial charge on any atom is -0.464 e. The summed E-state index contributed by atoms with van der Waals surface area (Å²) in [5.41, 5.74) is -0.794. The first kappa shape index (κ1) is 20.0. The smallest absolute Gasteiger partial charge is 0.429 e. The molecule has 0 aromatic carbocycles. The fraction of sp³-hybridized carbons (Fsp3) is 0.800. The summed E-state index contributed by atoms with van der Waals surface area (Å²) in [5.74, 6) is -0.758. The van der Waals surface area contributed by atoms with Crippen LogP contribution in [0.3, 0.4) is 0 Å². The van der Waals surface area contributed by atoms with E-state index in [1.165, 1.54) is 0 Å². The molecule has 1 heterocycles. The van der Waals surface area contributed by atoms with Crippen LogP contribution in [0.15, 0.2) is 0 Å². The van der Waals surface area contributed by atoms with Gasteiger partial charge in [-0.1, -0.05) is 0 Å². The van der Waals surface area contributed by atoms with E-state index in [-0.39, 0.29) is 13.2 Å². The number of ether oxygens (including phenoxy) is 3. The monoisotopic (exact) mass is 346 g/mol. The Kier molecular flexibility index (Phi) is 6.82. The SMILES string of the molecule is CCOC(=O)C1C(OCC)CCN(C(=O)OC(C)(C)C)N1C(=O)O. The number of carbonyl (C=O) groups excluding carboxylic acids is 2. The lowest BCUT2D eigenvalue weighted by Gasteiger charge is -2.44. The number of amides is 2. The van der Waals surface area contributed by atoms with Gasteiger partial charge in [0, 0.05) is 13.2 Å². The zero-order valence-corrected chi connectivity index (χ0v) is 14.8. The number of rotatable bonds is 4. The van der Waals surface area contributed by atoms with E-state index in [2.05, 4.69) is 0 Å². The summed E-state index contributed by atoms with van der Waals surface area (Å²) in [6, 6.07) is -1.26. The van der Waals surface area contributed by atoms with Gasteiger partial charge in [-0.05, 0) is 41.0 Å². The second kappa shape index (κ2) is 8.18. The van der Waals surface area contributed by atoms with Crippen LogP contribution in [0.25, 0.3) is 0 Å². The third-order valence-corrected chi connectivity index (χ3v) is 3.21. The minimum atomic E-state index is -1.46. The van der Waals surface area contributed by atoms with Gasteiger partial charge in [0.1, 0.15) is 5.60 Å². The minimum absolute atomic E-state index is 0.0573. The molecule has 0 spiro atoms. The highest BCUT2D eigenvalue weighted by Gasteiger charge is 2.48. The van der Waals surface area contributed by atoms with E-state index in [0.29, 0.717) is 18.0 Å². The van der Waals surface area contributed by atoms with E-state index < -0.39 is 35.9 Å². The number of nitrogens with zero attached hydrogens (tertiary/aromatic N) is 2. The summed E-state index contributed by atoms with van der Waals surface area (Å²) in [6.07, 6.45) is -2.69. The molecular weight excluding hydrogens is 320 g/mol. The standard InChI is InChI=1S/C15H26N2O7/c1-6-22-10-8-9-16(14(21)24-15(3,4)5)17(13(19)20)11(10)12(18)23-7-2/h10-11H,6-9H2,1-5H3,(H,19,20). The van der Waals surface area contributed by atoms with Gasteiger partial charge in [-0.3, -0.25) is 0 Å². The van der Waals surface area contributed by atoms with E-state index >= 15 is 0 Å². The molecule has 1 aliphatic rings. The average molecular weight is 346 g/mol. The molecular formula is C15H26N2O7. The van der Waals surface area contributed by atoms with Crippen LogP contribution in [-0.2, 0) is 19.0 Å². The molecule has 1 rings (SSSR count). The number of hydrogen-bond acceptors (Lipinski definition) is 6. The van der Waals surface area contributed by atoms with Gasteiger partial charge in [-0.2, -0.15) is 5.01 Å². The molecule has 0 bridgehead atoms. The second-order valence-electron chi connectivity index (χ2n) is 6.21. The molecule has 0 aromatic rings. The molecule has 0 aromatic heterocycles. The van der Waals surface area contributed by atoms with Gasteiger partial charge >= 0.3 is 18.2 Å². The summed E-state index contributed by atoms with van der Waals surface area (Å²) >= 11 is 0. The molecule has 2 atom stereocenters. The van der Waals surface area contributed by atoms with Crippen LogP contribution in [-0.4, -0.2) is 70.8 Å². The van der Waals surface area contributed by atoms with Crippen molar-refractivity contribution in [3.63, 3.8) is 0 Å². The summed E-state index contributed by atoms with van der Waals surface area (Å²) in [7, 11) is 0. The van der Waals surface area contributed by atoms with Crippen molar-refractivity contribution in [2.75, 3.05) is 19.8 Å². The molecule has 24 heavy (non-hydrogen) atoms. The number of carboxylic acid groups (broad SMARTS) is 1. The van der Waals surface area contributed by atoms with Crippen molar-refractivity contribution >= 4 is 18.2 Å². The van der Waals surface area contributed by atoms with Gasteiger partial charge in [0.15, 0.2) is 6.04 Å². The quantitative estimate of drug-likeness (QED) is 0.774. The van der Waals surface area contributed by atoms with E-state index in [1.807, 2.05) is 0 Å². The first-order chi connectivity index (χ1) is 11.1. The zero-order chi connectivity index (χ0) is 18.5. The molecule has 0 aliphatic carbocycles. The van der Waals surface area contributed by atoms with Gasteiger partial charge < -0.3 is 19.3 Å². The van der Waals surface area contributed by atoms with E-state index in [0.717, 1.165) is 5.01 Å². The highest BCUT2D eigenvalue weighted by Crippen LogP contribution is 2.25. The Balaban J connectivity index is 3.13. The topological polar surface area (TPSA) is 106 Å². The predicted molar refractivity (Wildman–Crippen MR) is 83.3 cm³/mol. The predicted octanol–water partition coefficient (Wildman–Crippen LogP) is 1.86. The Morgan fingerprint density at radius 1 is 1.17 bits per heavy atom. The number of esters is 1. The van der Waals surface area contributed by atoms with Crippen molar-refractivity contribution in [1.82, 2.24) is 10.0 Å². The van der Waals surface area contributed by atoms with E-state index in [9.17, 15) is 19.5 Å². The van der Waals surface area contributed by atoms with Gasteiger partial charge in [-0.15, -0.1) is 0 Å². The molecule has 9 nitrogen and oxygen atoms in total. The molecule has 1 saturated heterocycles. The highest BCUT2D eigenvalue weighted by molar-refractivity contribution is 5.83. The van der Waals surface area contributed by atoms with Crippen LogP contribution in [0.2, 0.25) is 0 Å². The lowest BCUT2D eigenvalue weighted by molar-refractivity contribution is -0.174. The highest BCUT2D eigenvalue weighted by atomic mass is 16.6. The Hall–Kier alpha value is -2.03. The van der Waals surface area contributed by atoms with Crippen molar-refractivity contribution in [2.24, 2.45) is 0 Å². The van der Waals surface area contributed by atoms with Crippen molar-refractivity contribution < 1.29 is 33.7 Å². The normalized spacial score (nSPS) is 21.4. The Labute approximate surface area is 141 Å². The van der Waals surface area contributed by atoms with Crippen LogP contribution >= 0.6 is 0 Å².